The molecule has 0 aromatic carbocycles. The number of nitrogens with zero attached hydrogens (tertiary/aromatic N) is 1. The first kappa shape index (κ1) is 10.4. The first-order valence-electron chi connectivity index (χ1n) is 5.28. The van der Waals surface area contributed by atoms with Crippen molar-refractivity contribution in [2.45, 2.75) is 45.6 Å². The number of guanidine groups is 1. The third kappa shape index (κ3) is 3.66. The summed E-state index contributed by atoms with van der Waals surface area (Å²) in [4.78, 5) is 4.13. The lowest BCUT2D eigenvalue weighted by Gasteiger charge is -2.27. The molecule has 1 aliphatic carbocycles. The molecular formula is C10H21N3. The Morgan fingerprint density at radius 3 is 2.92 bits per heavy atom. The summed E-state index contributed by atoms with van der Waals surface area (Å²) >= 11 is 0. The fraction of sp³-hybridized carbons (Fsp3) is 0.900. The largest absolute Gasteiger partial charge is 0.370 e. The van der Waals surface area contributed by atoms with Gasteiger partial charge in [0.25, 0.3) is 0 Å². The van der Waals surface area contributed by atoms with Crippen LogP contribution in [0.2, 0.25) is 0 Å². The predicted octanol–water partition coefficient (Wildman–Crippen LogP) is 1.49. The lowest BCUT2D eigenvalue weighted by Crippen LogP contribution is -2.42. The smallest absolute Gasteiger partial charge is 0.188 e. The van der Waals surface area contributed by atoms with Crippen molar-refractivity contribution in [3.63, 3.8) is 0 Å². The minimum Gasteiger partial charge on any atom is -0.370 e. The molecule has 3 nitrogen and oxygen atoms in total. The van der Waals surface area contributed by atoms with Crippen molar-refractivity contribution in [2.75, 3.05) is 6.54 Å². The second-order valence-corrected chi connectivity index (χ2v) is 3.97. The highest BCUT2D eigenvalue weighted by molar-refractivity contribution is 5.78. The van der Waals surface area contributed by atoms with Crippen LogP contribution in [0.1, 0.15) is 39.5 Å². The molecule has 1 rings (SSSR count). The Hall–Kier alpha value is -0.730. The zero-order chi connectivity index (χ0) is 9.68. The van der Waals surface area contributed by atoms with Gasteiger partial charge in [-0.05, 0) is 25.7 Å². The molecule has 0 amide bonds. The van der Waals surface area contributed by atoms with Crippen molar-refractivity contribution in [1.29, 1.82) is 0 Å². The van der Waals surface area contributed by atoms with Gasteiger partial charge in [0.05, 0.1) is 0 Å². The van der Waals surface area contributed by atoms with Crippen molar-refractivity contribution in [1.82, 2.24) is 5.32 Å². The van der Waals surface area contributed by atoms with E-state index in [-0.39, 0.29) is 0 Å². The third-order valence-electron chi connectivity index (χ3n) is 2.62. The van der Waals surface area contributed by atoms with Crippen LogP contribution in [0.15, 0.2) is 4.99 Å². The summed E-state index contributed by atoms with van der Waals surface area (Å²) in [6.07, 6.45) is 5.16. The van der Waals surface area contributed by atoms with Gasteiger partial charge in [0.15, 0.2) is 5.96 Å². The van der Waals surface area contributed by atoms with E-state index < -0.39 is 0 Å². The number of hydrogen-bond donors (Lipinski definition) is 2. The molecule has 3 heteroatoms. The molecule has 2 unspecified atom stereocenters. The minimum absolute atomic E-state index is 0.555. The summed E-state index contributed by atoms with van der Waals surface area (Å²) in [6, 6.07) is 0.555. The van der Waals surface area contributed by atoms with Gasteiger partial charge in [-0.25, -0.2) is 0 Å². The number of rotatable bonds is 2. The number of nitrogens with two attached hydrogens (primary N) is 1. The van der Waals surface area contributed by atoms with Gasteiger partial charge in [0, 0.05) is 12.6 Å². The molecule has 0 aromatic rings. The molecule has 0 radical (unpaired) electrons. The third-order valence-corrected chi connectivity index (χ3v) is 2.62. The van der Waals surface area contributed by atoms with Crippen LogP contribution in [-0.2, 0) is 0 Å². The van der Waals surface area contributed by atoms with Gasteiger partial charge >= 0.3 is 0 Å². The van der Waals surface area contributed by atoms with Crippen molar-refractivity contribution < 1.29 is 0 Å². The van der Waals surface area contributed by atoms with Gasteiger partial charge < -0.3 is 11.1 Å². The van der Waals surface area contributed by atoms with Crippen LogP contribution in [0.3, 0.4) is 0 Å². The van der Waals surface area contributed by atoms with E-state index in [2.05, 4.69) is 17.2 Å². The molecule has 0 spiro atoms. The zero-order valence-electron chi connectivity index (χ0n) is 8.71. The molecule has 76 valence electrons. The van der Waals surface area contributed by atoms with Crippen LogP contribution in [-0.4, -0.2) is 18.5 Å². The van der Waals surface area contributed by atoms with Crippen LogP contribution in [0, 0.1) is 5.92 Å². The van der Waals surface area contributed by atoms with Crippen molar-refractivity contribution >= 4 is 5.96 Å². The normalized spacial score (nSPS) is 30.2. The molecule has 0 aliphatic heterocycles. The van der Waals surface area contributed by atoms with E-state index in [0.29, 0.717) is 12.0 Å². The van der Waals surface area contributed by atoms with Crippen molar-refractivity contribution in [2.24, 2.45) is 16.6 Å². The Balaban J connectivity index is 2.31. The second-order valence-electron chi connectivity index (χ2n) is 3.97. The highest BCUT2D eigenvalue weighted by atomic mass is 15.1. The number of aliphatic imine (C=N–C) groups is 1. The monoisotopic (exact) mass is 183 g/mol. The Labute approximate surface area is 80.8 Å². The summed E-state index contributed by atoms with van der Waals surface area (Å²) in [5.41, 5.74) is 5.70. The van der Waals surface area contributed by atoms with E-state index >= 15 is 0 Å². The first-order valence-corrected chi connectivity index (χ1v) is 5.28. The summed E-state index contributed by atoms with van der Waals surface area (Å²) in [5.74, 6) is 1.45. The minimum atomic E-state index is 0.555. The van der Waals surface area contributed by atoms with E-state index in [0.717, 1.165) is 12.5 Å². The topological polar surface area (TPSA) is 50.4 Å². The molecule has 1 aliphatic rings. The van der Waals surface area contributed by atoms with Gasteiger partial charge in [0.1, 0.15) is 0 Å². The predicted molar refractivity (Wildman–Crippen MR) is 56.7 cm³/mol. The van der Waals surface area contributed by atoms with Gasteiger partial charge in [-0.2, -0.15) is 0 Å². The maximum Gasteiger partial charge on any atom is 0.188 e. The molecule has 1 saturated carbocycles. The lowest BCUT2D eigenvalue weighted by atomic mass is 9.87. The number of hydrogen-bond acceptors (Lipinski definition) is 1. The highest BCUT2D eigenvalue weighted by Gasteiger charge is 2.18. The molecule has 3 N–H and O–H groups in total. The van der Waals surface area contributed by atoms with E-state index in [1.54, 1.807) is 0 Å². The summed E-state index contributed by atoms with van der Waals surface area (Å²) in [5, 5.41) is 3.28. The molecular weight excluding hydrogens is 162 g/mol. The Bertz CT molecular complexity index is 177. The van der Waals surface area contributed by atoms with E-state index in [1.807, 2.05) is 6.92 Å². The molecule has 0 aromatic heterocycles. The summed E-state index contributed by atoms with van der Waals surface area (Å²) in [6.45, 7) is 5.07. The van der Waals surface area contributed by atoms with Crippen LogP contribution in [0.5, 0.6) is 0 Å². The van der Waals surface area contributed by atoms with Crippen molar-refractivity contribution in [3.05, 3.63) is 0 Å². The average molecular weight is 183 g/mol. The van der Waals surface area contributed by atoms with Crippen LogP contribution in [0.4, 0.5) is 0 Å². The van der Waals surface area contributed by atoms with Crippen molar-refractivity contribution in [3.8, 4) is 0 Å². The quantitative estimate of drug-likeness (QED) is 0.503. The van der Waals surface area contributed by atoms with Gasteiger partial charge in [-0.3, -0.25) is 4.99 Å². The van der Waals surface area contributed by atoms with Gasteiger partial charge in [0.2, 0.25) is 0 Å². The summed E-state index contributed by atoms with van der Waals surface area (Å²) < 4.78 is 0. The average Bonchev–Trinajstić information content (AvgIpc) is 2.04. The molecule has 2 atom stereocenters. The summed E-state index contributed by atoms with van der Waals surface area (Å²) in [7, 11) is 0. The molecule has 0 saturated heterocycles. The molecule has 0 heterocycles. The second kappa shape index (κ2) is 5.10. The van der Waals surface area contributed by atoms with Crippen LogP contribution < -0.4 is 11.1 Å². The van der Waals surface area contributed by atoms with Crippen LogP contribution in [0.25, 0.3) is 0 Å². The van der Waals surface area contributed by atoms with E-state index in [9.17, 15) is 0 Å². The SMILES string of the molecule is CCN=C(N)NC1CCCC(C)C1. The standard InChI is InChI=1S/C10H21N3/c1-3-12-10(11)13-9-6-4-5-8(2)7-9/h8-9H,3-7H2,1-2H3,(H3,11,12,13). The Morgan fingerprint density at radius 2 is 2.31 bits per heavy atom. The van der Waals surface area contributed by atoms with Gasteiger partial charge in [-0.15, -0.1) is 0 Å². The van der Waals surface area contributed by atoms with Crippen LogP contribution >= 0.6 is 0 Å². The maximum atomic E-state index is 5.70. The highest BCUT2D eigenvalue weighted by Crippen LogP contribution is 2.23. The fourth-order valence-electron chi connectivity index (χ4n) is 1.99. The Morgan fingerprint density at radius 1 is 1.54 bits per heavy atom. The van der Waals surface area contributed by atoms with E-state index in [1.165, 1.54) is 25.7 Å². The molecule has 0 bridgehead atoms. The van der Waals surface area contributed by atoms with Gasteiger partial charge in [-0.1, -0.05) is 19.8 Å². The molecule has 1 fully saturated rings. The maximum absolute atomic E-state index is 5.70. The fourth-order valence-corrected chi connectivity index (χ4v) is 1.99. The lowest BCUT2D eigenvalue weighted by molar-refractivity contribution is 0.325. The zero-order valence-corrected chi connectivity index (χ0v) is 8.71. The first-order chi connectivity index (χ1) is 6.22. The van der Waals surface area contributed by atoms with E-state index in [4.69, 9.17) is 5.73 Å². The Kier molecular flexibility index (Phi) is 4.06. The number of nitrogens with one attached hydrogen (secondary N) is 1. The molecule has 13 heavy (non-hydrogen) atoms.